The molecule has 0 aliphatic heterocycles. The summed E-state index contributed by atoms with van der Waals surface area (Å²) in [6.07, 6.45) is 1.07. The predicted octanol–water partition coefficient (Wildman–Crippen LogP) is 2.94. The van der Waals surface area contributed by atoms with E-state index in [2.05, 4.69) is 62.6 Å². The third kappa shape index (κ3) is 6.19. The van der Waals surface area contributed by atoms with E-state index in [-0.39, 0.29) is 18.5 Å². The average Bonchev–Trinajstić information content (AvgIpc) is 3.04. The van der Waals surface area contributed by atoms with Gasteiger partial charge in [-0.05, 0) is 29.3 Å². The molecule has 2 aromatic rings. The number of primary amides is 1. The number of benzene rings is 1. The monoisotopic (exact) mass is 388 g/mol. The molecule has 1 heterocycles. The molecule has 1 atom stereocenters. The van der Waals surface area contributed by atoms with Gasteiger partial charge in [-0.2, -0.15) is 0 Å². The van der Waals surface area contributed by atoms with E-state index < -0.39 is 5.91 Å². The molecule has 1 aromatic carbocycles. The standard InChI is InChI=1S/C21H29N3O2S/c1-13(2)11-15-5-7-16(8-6-15)19(14(3)4)23-12-18(25)24-21-17(20(22)26)9-10-27-21/h5-10,13-14,19,23H,11-12H2,1-4H3,(H2,22,26)(H,24,25)/p+1/t19-/m0/s1. The molecule has 2 rings (SSSR count). The number of rotatable bonds is 9. The summed E-state index contributed by atoms with van der Waals surface area (Å²) in [4.78, 5) is 23.7. The zero-order valence-corrected chi connectivity index (χ0v) is 17.3. The van der Waals surface area contributed by atoms with E-state index in [9.17, 15) is 9.59 Å². The molecule has 6 heteroatoms. The molecule has 0 aliphatic rings. The minimum atomic E-state index is -0.530. The van der Waals surface area contributed by atoms with Crippen LogP contribution in [-0.4, -0.2) is 18.4 Å². The molecule has 0 aliphatic carbocycles. The summed E-state index contributed by atoms with van der Waals surface area (Å²) in [7, 11) is 0. The van der Waals surface area contributed by atoms with Gasteiger partial charge in [-0.25, -0.2) is 0 Å². The zero-order valence-electron chi connectivity index (χ0n) is 16.5. The van der Waals surface area contributed by atoms with Crippen molar-refractivity contribution in [2.24, 2.45) is 17.6 Å². The number of carbonyl (C=O) groups is 2. The quantitative estimate of drug-likeness (QED) is 0.616. The van der Waals surface area contributed by atoms with Crippen LogP contribution in [0.3, 0.4) is 0 Å². The van der Waals surface area contributed by atoms with Crippen molar-refractivity contribution in [3.63, 3.8) is 0 Å². The Bertz CT molecular complexity index is 766. The lowest BCUT2D eigenvalue weighted by molar-refractivity contribution is -0.692. The van der Waals surface area contributed by atoms with Crippen molar-refractivity contribution in [1.29, 1.82) is 0 Å². The smallest absolute Gasteiger partial charge is 0.280 e. The number of hydrogen-bond acceptors (Lipinski definition) is 3. The number of carbonyl (C=O) groups excluding carboxylic acids is 2. The van der Waals surface area contributed by atoms with Gasteiger partial charge in [-0.1, -0.05) is 52.0 Å². The fourth-order valence-corrected chi connectivity index (χ4v) is 3.96. The molecule has 0 spiro atoms. The summed E-state index contributed by atoms with van der Waals surface area (Å²) >= 11 is 1.30. The van der Waals surface area contributed by atoms with E-state index in [1.165, 1.54) is 22.5 Å². The Hall–Kier alpha value is -2.18. The Morgan fingerprint density at radius 1 is 1.11 bits per heavy atom. The second-order valence-corrected chi connectivity index (χ2v) is 8.54. The molecule has 0 saturated heterocycles. The second kappa shape index (κ2) is 9.67. The highest BCUT2D eigenvalue weighted by Crippen LogP contribution is 2.22. The summed E-state index contributed by atoms with van der Waals surface area (Å²) in [6.45, 7) is 9.03. The van der Waals surface area contributed by atoms with Gasteiger partial charge >= 0.3 is 0 Å². The van der Waals surface area contributed by atoms with Crippen LogP contribution in [0.15, 0.2) is 35.7 Å². The largest absolute Gasteiger partial charge is 0.366 e. The molecule has 5 nitrogen and oxygen atoms in total. The van der Waals surface area contributed by atoms with Gasteiger partial charge in [-0.3, -0.25) is 9.59 Å². The molecule has 0 unspecified atom stereocenters. The number of amides is 2. The lowest BCUT2D eigenvalue weighted by atomic mass is 9.94. The van der Waals surface area contributed by atoms with Crippen LogP contribution < -0.4 is 16.4 Å². The van der Waals surface area contributed by atoms with Gasteiger partial charge in [0.25, 0.3) is 11.8 Å². The number of nitrogens with one attached hydrogen (secondary N) is 1. The van der Waals surface area contributed by atoms with E-state index in [4.69, 9.17) is 5.73 Å². The van der Waals surface area contributed by atoms with Crippen molar-refractivity contribution >= 4 is 28.2 Å². The highest BCUT2D eigenvalue weighted by molar-refractivity contribution is 7.14. The zero-order chi connectivity index (χ0) is 20.0. The van der Waals surface area contributed by atoms with Crippen LogP contribution in [0.1, 0.15) is 55.2 Å². The Labute approximate surface area is 165 Å². The van der Waals surface area contributed by atoms with Gasteiger partial charge in [0.15, 0.2) is 6.54 Å². The van der Waals surface area contributed by atoms with Crippen molar-refractivity contribution in [3.05, 3.63) is 52.4 Å². The highest BCUT2D eigenvalue weighted by Gasteiger charge is 2.21. The first-order valence-electron chi connectivity index (χ1n) is 9.37. The third-order valence-electron chi connectivity index (χ3n) is 4.47. The maximum atomic E-state index is 12.3. The molecule has 0 radical (unpaired) electrons. The summed E-state index contributed by atoms with van der Waals surface area (Å²) < 4.78 is 0. The average molecular weight is 389 g/mol. The van der Waals surface area contributed by atoms with Gasteiger partial charge in [0, 0.05) is 11.5 Å². The summed E-state index contributed by atoms with van der Waals surface area (Å²) in [6, 6.07) is 10.5. The van der Waals surface area contributed by atoms with Crippen LogP contribution in [0.2, 0.25) is 0 Å². The van der Waals surface area contributed by atoms with E-state index >= 15 is 0 Å². The maximum absolute atomic E-state index is 12.3. The Balaban J connectivity index is 1.98. The molecule has 1 aromatic heterocycles. The molecule has 27 heavy (non-hydrogen) atoms. The first-order valence-corrected chi connectivity index (χ1v) is 10.2. The fourth-order valence-electron chi connectivity index (χ4n) is 3.15. The molecule has 0 fully saturated rings. The normalized spacial score (nSPS) is 12.4. The van der Waals surface area contributed by atoms with Crippen molar-refractivity contribution in [3.8, 4) is 0 Å². The second-order valence-electron chi connectivity index (χ2n) is 7.63. The number of anilines is 1. The molecular weight excluding hydrogens is 358 g/mol. The summed E-state index contributed by atoms with van der Waals surface area (Å²) in [5, 5.41) is 7.11. The fraction of sp³-hybridized carbons (Fsp3) is 0.429. The number of thiophene rings is 1. The lowest BCUT2D eigenvalue weighted by Gasteiger charge is -2.20. The van der Waals surface area contributed by atoms with E-state index in [0.717, 1.165) is 6.42 Å². The number of hydrogen-bond donors (Lipinski definition) is 3. The number of quaternary nitrogens is 1. The molecule has 0 saturated carbocycles. The van der Waals surface area contributed by atoms with Crippen LogP contribution in [0.5, 0.6) is 0 Å². The number of nitrogens with two attached hydrogens (primary N) is 2. The molecule has 0 bridgehead atoms. The van der Waals surface area contributed by atoms with Crippen LogP contribution in [-0.2, 0) is 11.2 Å². The van der Waals surface area contributed by atoms with Gasteiger partial charge in [0.1, 0.15) is 11.0 Å². The van der Waals surface area contributed by atoms with Crippen molar-refractivity contribution in [2.45, 2.75) is 40.2 Å². The first-order chi connectivity index (χ1) is 12.8. The third-order valence-corrected chi connectivity index (χ3v) is 5.30. The molecular formula is C21H30N3O2S+. The van der Waals surface area contributed by atoms with Crippen LogP contribution in [0, 0.1) is 11.8 Å². The minimum absolute atomic E-state index is 0.137. The Kier molecular flexibility index (Phi) is 7.56. The van der Waals surface area contributed by atoms with Crippen LogP contribution in [0.4, 0.5) is 5.00 Å². The minimum Gasteiger partial charge on any atom is -0.366 e. The summed E-state index contributed by atoms with van der Waals surface area (Å²) in [5.74, 6) is 0.352. The Morgan fingerprint density at radius 2 is 1.78 bits per heavy atom. The van der Waals surface area contributed by atoms with E-state index in [0.29, 0.717) is 22.4 Å². The van der Waals surface area contributed by atoms with Crippen LogP contribution >= 0.6 is 11.3 Å². The first kappa shape index (κ1) is 21.1. The van der Waals surface area contributed by atoms with E-state index in [1.807, 2.05) is 0 Å². The van der Waals surface area contributed by atoms with Gasteiger partial charge in [0.05, 0.1) is 5.56 Å². The topological polar surface area (TPSA) is 88.8 Å². The van der Waals surface area contributed by atoms with Crippen molar-refractivity contribution < 1.29 is 14.9 Å². The lowest BCUT2D eigenvalue weighted by Crippen LogP contribution is -2.88. The van der Waals surface area contributed by atoms with Crippen LogP contribution in [0.25, 0.3) is 0 Å². The van der Waals surface area contributed by atoms with Gasteiger partial charge < -0.3 is 16.4 Å². The summed E-state index contributed by atoms with van der Waals surface area (Å²) in [5.41, 5.74) is 8.24. The predicted molar refractivity (Wildman–Crippen MR) is 111 cm³/mol. The Morgan fingerprint density at radius 3 is 2.33 bits per heavy atom. The SMILES string of the molecule is CC(C)Cc1ccc([C@@H]([NH2+]CC(=O)Nc2sccc2C(N)=O)C(C)C)cc1. The highest BCUT2D eigenvalue weighted by atomic mass is 32.1. The molecule has 146 valence electrons. The van der Waals surface area contributed by atoms with Gasteiger partial charge in [0.2, 0.25) is 0 Å². The molecule has 2 amide bonds. The molecule has 5 N–H and O–H groups in total. The van der Waals surface area contributed by atoms with Crippen molar-refractivity contribution in [1.82, 2.24) is 0 Å². The van der Waals surface area contributed by atoms with Crippen molar-refractivity contribution in [2.75, 3.05) is 11.9 Å². The van der Waals surface area contributed by atoms with E-state index in [1.54, 1.807) is 11.4 Å². The van der Waals surface area contributed by atoms with Gasteiger partial charge in [-0.15, -0.1) is 11.3 Å². The maximum Gasteiger partial charge on any atom is 0.280 e.